The van der Waals surface area contributed by atoms with Gasteiger partial charge in [0.15, 0.2) is 0 Å². The summed E-state index contributed by atoms with van der Waals surface area (Å²) in [4.78, 5) is 0. The van der Waals surface area contributed by atoms with Crippen molar-refractivity contribution in [3.05, 3.63) is 0 Å². The maximum atomic E-state index is 8.74. The van der Waals surface area contributed by atoms with Crippen molar-refractivity contribution < 1.29 is 72.3 Å². The number of rotatable bonds is 0. The van der Waals surface area contributed by atoms with Crippen molar-refractivity contribution in [2.24, 2.45) is 0 Å². The van der Waals surface area contributed by atoms with Crippen LogP contribution in [-0.4, -0.2) is 55.9 Å². The van der Waals surface area contributed by atoms with E-state index in [4.69, 9.17) is 17.5 Å². The van der Waals surface area contributed by atoms with Crippen LogP contribution in [0.4, 0.5) is 0 Å². The third-order valence-corrected chi connectivity index (χ3v) is 0. The Morgan fingerprint density at radius 1 is 0.615 bits per heavy atom. The third kappa shape index (κ3) is 176000. The average molecular weight is 283 g/mol. The second-order valence-electron chi connectivity index (χ2n) is 0.448. The minimum Gasteiger partial charge on any atom is -0.412 e. The van der Waals surface area contributed by atoms with Crippen LogP contribution >= 0.6 is 0 Å². The smallest absolute Gasteiger partial charge is 0.394 e. The quantitative estimate of drug-likeness (QED) is 0.323. The van der Waals surface area contributed by atoms with E-state index in [1.165, 1.54) is 0 Å². The molecule has 0 heterocycles. The largest absolute Gasteiger partial charge is 0.412 e. The summed E-state index contributed by atoms with van der Waals surface area (Å²) in [6, 6.07) is 0. The zero-order valence-electron chi connectivity index (χ0n) is 5.94. The Balaban J connectivity index is -0.00000000286. The van der Waals surface area contributed by atoms with Crippen LogP contribution in [0.2, 0.25) is 0 Å². The van der Waals surface area contributed by atoms with Crippen LogP contribution in [0.1, 0.15) is 0 Å². The summed E-state index contributed by atoms with van der Waals surface area (Å²) in [6.07, 6.45) is 0. The van der Waals surface area contributed by atoms with Gasteiger partial charge in [0.25, 0.3) is 0 Å². The van der Waals surface area contributed by atoms with Crippen molar-refractivity contribution in [2.45, 2.75) is 0 Å². The van der Waals surface area contributed by atoms with Crippen LogP contribution < -0.4 is 0 Å². The van der Waals surface area contributed by atoms with Crippen molar-refractivity contribution in [2.75, 3.05) is 0 Å². The van der Waals surface area contributed by atoms with Gasteiger partial charge in [-0.1, -0.05) is 0 Å². The van der Waals surface area contributed by atoms with E-state index in [9.17, 15) is 0 Å². The summed E-state index contributed by atoms with van der Waals surface area (Å²) >= 11 is 0. The molecule has 0 aromatic rings. The minimum absolute atomic E-state index is 0. The van der Waals surface area contributed by atoms with E-state index in [1.807, 2.05) is 0 Å². The second kappa shape index (κ2) is 40.1. The molecule has 0 aromatic carbocycles. The second-order valence-corrected chi connectivity index (χ2v) is 1.34. The van der Waals surface area contributed by atoms with Crippen LogP contribution in [0.15, 0.2) is 0 Å². The molecule has 0 aliphatic carbocycles. The van der Waals surface area contributed by atoms with Gasteiger partial charge in [-0.05, 0) is 0 Å². The van der Waals surface area contributed by atoms with Gasteiger partial charge < -0.3 is 38.3 Å². The Hall–Kier alpha value is 0.0835. The maximum absolute atomic E-state index is 8.74. The fourth-order valence-electron chi connectivity index (χ4n) is 0. The van der Waals surface area contributed by atoms with Gasteiger partial charge in [-0.3, -0.25) is 9.11 Å². The molecular weight excluding hydrogens is 267 g/mol. The molecule has 0 fully saturated rings. The summed E-state index contributed by atoms with van der Waals surface area (Å²) in [5.41, 5.74) is 0. The van der Waals surface area contributed by atoms with Gasteiger partial charge in [0.05, 0.1) is 0 Å². The normalized spacial score (nSPS) is 4.46. The molecule has 13 heavy (non-hydrogen) atoms. The number of hydrogen-bond acceptors (Lipinski definition) is 2. The van der Waals surface area contributed by atoms with E-state index in [-0.39, 0.29) is 54.8 Å². The topological polar surface area (TPSA) is 295 Å². The molecule has 0 amide bonds. The first-order valence-corrected chi connectivity index (χ1v) is 2.10. The predicted octanol–water partition coefficient (Wildman–Crippen LogP) is -6.43. The monoisotopic (exact) mass is 282 g/mol. The molecule has 0 aromatic heterocycles. The molecule has 0 atom stereocenters. The average Bonchev–Trinajstić information content (AvgIpc) is 0.722. The molecule has 0 rings (SSSR count). The molecule has 13 heteroatoms. The third-order valence-electron chi connectivity index (χ3n) is 0. The van der Waals surface area contributed by atoms with Gasteiger partial charge >= 0.3 is 10.4 Å². The number of hydrogen-bond donors (Lipinski definition) is 2. The van der Waals surface area contributed by atoms with Crippen LogP contribution in [0.3, 0.4) is 0 Å². The van der Waals surface area contributed by atoms with Gasteiger partial charge in [-0.15, -0.1) is 0 Å². The Morgan fingerprint density at radius 3 is 0.615 bits per heavy atom. The summed E-state index contributed by atoms with van der Waals surface area (Å²) in [6.45, 7) is 0. The Labute approximate surface area is 83.4 Å². The van der Waals surface area contributed by atoms with E-state index >= 15 is 0 Å². The van der Waals surface area contributed by atoms with E-state index in [0.29, 0.717) is 0 Å². The zero-order valence-corrected chi connectivity index (χ0v) is 7.74. The van der Waals surface area contributed by atoms with Gasteiger partial charge in [0.1, 0.15) is 0 Å². The molecule has 11 nitrogen and oxygen atoms in total. The van der Waals surface area contributed by atoms with Crippen molar-refractivity contribution in [1.82, 2.24) is 0 Å². The fourth-order valence-corrected chi connectivity index (χ4v) is 0. The van der Waals surface area contributed by atoms with Crippen LogP contribution in [0.5, 0.6) is 0 Å². The fraction of sp³-hybridized carbons (Fsp3) is 0. The first-order chi connectivity index (χ1) is 2.00. The zero-order chi connectivity index (χ0) is 4.50. The summed E-state index contributed by atoms with van der Waals surface area (Å²) in [5.74, 6) is 0. The molecule has 0 aliphatic rings. The van der Waals surface area contributed by atoms with Crippen LogP contribution in [0, 0.1) is 0 Å². The standard InChI is InChI=1S/Ni.H2O4S.7H2O/c;1-5(2,3)4;;;;;;;/h;(H2,1,2,3,4);7*1H2. The van der Waals surface area contributed by atoms with Crippen LogP contribution in [0.25, 0.3) is 0 Å². The maximum Gasteiger partial charge on any atom is 0.394 e. The van der Waals surface area contributed by atoms with Gasteiger partial charge in [0, 0.05) is 16.5 Å². The molecular formula is H16NiO11S. The molecule has 0 aliphatic heterocycles. The molecule has 16 N–H and O–H groups in total. The first-order valence-electron chi connectivity index (χ1n) is 0.698. The van der Waals surface area contributed by atoms with Crippen molar-refractivity contribution in [3.8, 4) is 0 Å². The molecule has 0 unspecified atom stereocenters. The van der Waals surface area contributed by atoms with E-state index in [2.05, 4.69) is 0 Å². The van der Waals surface area contributed by atoms with Crippen molar-refractivity contribution in [1.29, 1.82) is 0 Å². The minimum atomic E-state index is -4.67. The summed E-state index contributed by atoms with van der Waals surface area (Å²) in [5, 5.41) is 0. The molecule has 0 saturated carbocycles. The Morgan fingerprint density at radius 2 is 0.615 bits per heavy atom. The SMILES string of the molecule is O.O.O.O.O.O.O.O=S(=O)(O)O.[Ni]. The van der Waals surface area contributed by atoms with Crippen molar-refractivity contribution >= 4 is 10.4 Å². The molecule has 0 bridgehead atoms. The van der Waals surface area contributed by atoms with E-state index < -0.39 is 10.4 Å². The first kappa shape index (κ1) is 115. The summed E-state index contributed by atoms with van der Waals surface area (Å²) in [7, 11) is -4.67. The molecule has 0 saturated heterocycles. The van der Waals surface area contributed by atoms with Gasteiger partial charge in [-0.2, -0.15) is 8.42 Å². The van der Waals surface area contributed by atoms with Crippen LogP contribution in [-0.2, 0) is 26.9 Å². The van der Waals surface area contributed by atoms with Gasteiger partial charge in [0.2, 0.25) is 0 Å². The molecule has 0 spiro atoms. The van der Waals surface area contributed by atoms with E-state index in [1.54, 1.807) is 0 Å². The molecule has 0 radical (unpaired) electrons. The summed E-state index contributed by atoms with van der Waals surface area (Å²) < 4.78 is 31.6. The van der Waals surface area contributed by atoms with Gasteiger partial charge in [-0.25, -0.2) is 0 Å². The van der Waals surface area contributed by atoms with Crippen molar-refractivity contribution in [3.63, 3.8) is 0 Å². The predicted molar refractivity (Wildman–Crippen MR) is 39.5 cm³/mol. The molecule has 98 valence electrons. The van der Waals surface area contributed by atoms with E-state index in [0.717, 1.165) is 0 Å². The Kier molecular flexibility index (Phi) is 353. The Bertz CT molecular complexity index is 93.3.